The van der Waals surface area contributed by atoms with Crippen LogP contribution < -0.4 is 0 Å². The Labute approximate surface area is 153 Å². The lowest BCUT2D eigenvalue weighted by molar-refractivity contribution is -0.138. The van der Waals surface area contributed by atoms with E-state index in [4.69, 9.17) is 4.74 Å². The maximum atomic E-state index is 13.2. The van der Waals surface area contributed by atoms with Crippen molar-refractivity contribution in [3.63, 3.8) is 0 Å². The summed E-state index contributed by atoms with van der Waals surface area (Å²) < 4.78 is 29.6. The first-order chi connectivity index (χ1) is 12.3. The minimum atomic E-state index is -3.27. The molecule has 142 valence electrons. The molecule has 1 saturated heterocycles. The van der Waals surface area contributed by atoms with Gasteiger partial charge in [-0.05, 0) is 17.5 Å². The highest BCUT2D eigenvalue weighted by Crippen LogP contribution is 2.32. The molecule has 0 radical (unpaired) electrons. The van der Waals surface area contributed by atoms with Gasteiger partial charge in [-0.15, -0.1) is 0 Å². The van der Waals surface area contributed by atoms with Gasteiger partial charge in [0.2, 0.25) is 15.9 Å². The van der Waals surface area contributed by atoms with Gasteiger partial charge in [0.15, 0.2) is 0 Å². The van der Waals surface area contributed by atoms with E-state index in [1.165, 1.54) is 22.6 Å². The van der Waals surface area contributed by atoms with E-state index in [1.54, 1.807) is 4.90 Å². The van der Waals surface area contributed by atoms with E-state index in [0.717, 1.165) is 11.1 Å². The highest BCUT2D eigenvalue weighted by Gasteiger charge is 2.39. The van der Waals surface area contributed by atoms with Crippen molar-refractivity contribution >= 4 is 22.0 Å². The summed E-state index contributed by atoms with van der Waals surface area (Å²) in [7, 11) is -1.96. The molecular formula is C17H23N3O5S. The number of amides is 2. The quantitative estimate of drug-likeness (QED) is 0.743. The van der Waals surface area contributed by atoms with Crippen LogP contribution in [-0.4, -0.2) is 80.6 Å². The molecule has 0 spiro atoms. The van der Waals surface area contributed by atoms with E-state index in [1.807, 2.05) is 24.3 Å². The maximum absolute atomic E-state index is 13.2. The molecule has 1 aromatic carbocycles. The first-order valence-electron chi connectivity index (χ1n) is 8.49. The molecule has 0 N–H and O–H groups in total. The van der Waals surface area contributed by atoms with Crippen LogP contribution in [0.2, 0.25) is 0 Å². The molecule has 2 heterocycles. The molecule has 0 unspecified atom stereocenters. The highest BCUT2D eigenvalue weighted by molar-refractivity contribution is 7.88. The highest BCUT2D eigenvalue weighted by atomic mass is 32.2. The monoisotopic (exact) mass is 381 g/mol. The van der Waals surface area contributed by atoms with E-state index in [-0.39, 0.29) is 19.0 Å². The van der Waals surface area contributed by atoms with E-state index in [0.29, 0.717) is 26.1 Å². The van der Waals surface area contributed by atoms with Crippen LogP contribution in [0.5, 0.6) is 0 Å². The third-order valence-electron chi connectivity index (χ3n) is 4.95. The Balaban J connectivity index is 1.85. The van der Waals surface area contributed by atoms with Crippen LogP contribution in [-0.2, 0) is 26.0 Å². The predicted molar refractivity (Wildman–Crippen MR) is 95.0 cm³/mol. The summed E-state index contributed by atoms with van der Waals surface area (Å²) in [6.45, 7) is 1.54. The van der Waals surface area contributed by atoms with Gasteiger partial charge in [0.25, 0.3) is 0 Å². The Kier molecular flexibility index (Phi) is 5.19. The van der Waals surface area contributed by atoms with Gasteiger partial charge in [-0.3, -0.25) is 9.69 Å². The van der Waals surface area contributed by atoms with Crippen molar-refractivity contribution in [3.8, 4) is 0 Å². The molecule has 2 aliphatic rings. The molecule has 3 rings (SSSR count). The number of fused-ring (bicyclic) bond motifs is 1. The van der Waals surface area contributed by atoms with Gasteiger partial charge in [0.1, 0.15) is 6.04 Å². The number of hydrogen-bond acceptors (Lipinski definition) is 5. The maximum Gasteiger partial charge on any atom is 0.410 e. The van der Waals surface area contributed by atoms with Crippen LogP contribution in [0.3, 0.4) is 0 Å². The third kappa shape index (κ3) is 3.54. The summed E-state index contributed by atoms with van der Waals surface area (Å²) in [4.78, 5) is 28.5. The summed E-state index contributed by atoms with van der Waals surface area (Å²) in [5, 5.41) is 0. The largest absolute Gasteiger partial charge is 0.453 e. The van der Waals surface area contributed by atoms with E-state index >= 15 is 0 Å². The van der Waals surface area contributed by atoms with E-state index < -0.39 is 22.2 Å². The molecule has 0 aromatic heterocycles. The van der Waals surface area contributed by atoms with Crippen molar-refractivity contribution in [2.45, 2.75) is 12.5 Å². The Bertz CT molecular complexity index is 802. The topological polar surface area (TPSA) is 87.2 Å². The van der Waals surface area contributed by atoms with Crippen molar-refractivity contribution in [1.82, 2.24) is 14.1 Å². The summed E-state index contributed by atoms with van der Waals surface area (Å²) >= 11 is 0. The number of sulfonamides is 1. The van der Waals surface area contributed by atoms with Gasteiger partial charge in [-0.1, -0.05) is 24.3 Å². The first kappa shape index (κ1) is 18.7. The number of carbonyl (C=O) groups is 2. The van der Waals surface area contributed by atoms with Crippen LogP contribution in [0.1, 0.15) is 17.2 Å². The van der Waals surface area contributed by atoms with Crippen molar-refractivity contribution in [2.24, 2.45) is 0 Å². The zero-order valence-electron chi connectivity index (χ0n) is 14.9. The molecule has 0 saturated carbocycles. The SMILES string of the molecule is COC(=O)N1CCc2ccccc2[C@@H]1C(=O)N1CCN(S(C)(=O)=O)CC1. The van der Waals surface area contributed by atoms with Gasteiger partial charge in [-0.2, -0.15) is 4.31 Å². The van der Waals surface area contributed by atoms with Crippen molar-refractivity contribution in [2.75, 3.05) is 46.1 Å². The number of ether oxygens (including phenoxy) is 1. The fraction of sp³-hybridized carbons (Fsp3) is 0.529. The van der Waals surface area contributed by atoms with Gasteiger partial charge < -0.3 is 9.64 Å². The lowest BCUT2D eigenvalue weighted by atomic mass is 9.92. The summed E-state index contributed by atoms with van der Waals surface area (Å²) in [5.74, 6) is -0.198. The lowest BCUT2D eigenvalue weighted by Gasteiger charge is -2.40. The standard InChI is InChI=1S/C17H23N3O5S/c1-25-17(22)20-8-7-13-5-3-4-6-14(13)15(20)16(21)18-9-11-19(12-10-18)26(2,23)24/h3-6,15H,7-12H2,1-2H3/t15-/m1/s1. The number of piperazine rings is 1. The molecule has 1 fully saturated rings. The average Bonchev–Trinajstić information content (AvgIpc) is 2.65. The molecule has 1 atom stereocenters. The van der Waals surface area contributed by atoms with E-state index in [9.17, 15) is 18.0 Å². The zero-order chi connectivity index (χ0) is 18.9. The Morgan fingerprint density at radius 1 is 1.08 bits per heavy atom. The fourth-order valence-corrected chi connectivity index (χ4v) is 4.39. The normalized spacial score (nSPS) is 21.2. The number of rotatable bonds is 2. The fourth-order valence-electron chi connectivity index (χ4n) is 3.56. The number of nitrogens with zero attached hydrogens (tertiary/aromatic N) is 3. The minimum absolute atomic E-state index is 0.198. The number of methoxy groups -OCH3 is 1. The third-order valence-corrected chi connectivity index (χ3v) is 6.25. The second kappa shape index (κ2) is 7.24. The Morgan fingerprint density at radius 3 is 2.35 bits per heavy atom. The van der Waals surface area contributed by atoms with Gasteiger partial charge >= 0.3 is 6.09 Å². The molecule has 2 amide bonds. The molecule has 26 heavy (non-hydrogen) atoms. The van der Waals surface area contributed by atoms with Crippen LogP contribution in [0.15, 0.2) is 24.3 Å². The number of benzene rings is 1. The molecule has 9 heteroatoms. The van der Waals surface area contributed by atoms with Crippen LogP contribution >= 0.6 is 0 Å². The number of carbonyl (C=O) groups excluding carboxylic acids is 2. The molecule has 0 bridgehead atoms. The van der Waals surface area contributed by atoms with Crippen LogP contribution in [0.25, 0.3) is 0 Å². The first-order valence-corrected chi connectivity index (χ1v) is 10.3. The van der Waals surface area contributed by atoms with Crippen molar-refractivity contribution in [3.05, 3.63) is 35.4 Å². The molecule has 1 aromatic rings. The summed E-state index contributed by atoms with van der Waals surface area (Å²) in [6.07, 6.45) is 1.30. The molecular weight excluding hydrogens is 358 g/mol. The second-order valence-electron chi connectivity index (χ2n) is 6.50. The average molecular weight is 381 g/mol. The van der Waals surface area contributed by atoms with Crippen LogP contribution in [0, 0.1) is 0 Å². The van der Waals surface area contributed by atoms with Crippen molar-refractivity contribution in [1.29, 1.82) is 0 Å². The Hall–Kier alpha value is -2.13. The molecule has 8 nitrogen and oxygen atoms in total. The predicted octanol–water partition coefficient (Wildman–Crippen LogP) is 0.456. The second-order valence-corrected chi connectivity index (χ2v) is 8.48. The summed E-state index contributed by atoms with van der Waals surface area (Å²) in [5.41, 5.74) is 1.85. The number of hydrogen-bond donors (Lipinski definition) is 0. The Morgan fingerprint density at radius 2 is 1.73 bits per heavy atom. The smallest absolute Gasteiger partial charge is 0.410 e. The minimum Gasteiger partial charge on any atom is -0.453 e. The molecule has 2 aliphatic heterocycles. The van der Waals surface area contributed by atoms with Crippen molar-refractivity contribution < 1.29 is 22.7 Å². The van der Waals surface area contributed by atoms with E-state index in [2.05, 4.69) is 0 Å². The van der Waals surface area contributed by atoms with Gasteiger partial charge in [0.05, 0.1) is 13.4 Å². The van der Waals surface area contributed by atoms with Gasteiger partial charge in [0, 0.05) is 32.7 Å². The van der Waals surface area contributed by atoms with Crippen LogP contribution in [0.4, 0.5) is 4.79 Å². The molecule has 0 aliphatic carbocycles. The zero-order valence-corrected chi connectivity index (χ0v) is 15.7. The lowest BCUT2D eigenvalue weighted by Crippen LogP contribution is -2.54. The van der Waals surface area contributed by atoms with Gasteiger partial charge in [-0.25, -0.2) is 13.2 Å². The summed E-state index contributed by atoms with van der Waals surface area (Å²) in [6, 6.07) is 6.85.